The van der Waals surface area contributed by atoms with Gasteiger partial charge in [0.15, 0.2) is 6.10 Å². The van der Waals surface area contributed by atoms with Crippen LogP contribution >= 0.6 is 0 Å². The molecule has 0 heterocycles. The van der Waals surface area contributed by atoms with Gasteiger partial charge in [0, 0.05) is 6.42 Å². The Hall–Kier alpha value is -1.14. The van der Waals surface area contributed by atoms with Gasteiger partial charge in [-0.25, -0.2) is 14.6 Å². The Labute approximate surface area is 146 Å². The van der Waals surface area contributed by atoms with Crippen LogP contribution in [0.25, 0.3) is 0 Å². The average Bonchev–Trinajstić information content (AvgIpc) is 2.57. The molecule has 0 radical (unpaired) electrons. The van der Waals surface area contributed by atoms with Crippen LogP contribution in [0, 0.1) is 0 Å². The topological polar surface area (TPSA) is 71.1 Å². The molecule has 0 aromatic heterocycles. The van der Waals surface area contributed by atoms with Gasteiger partial charge in [-0.15, -0.1) is 0 Å². The fourth-order valence-electron chi connectivity index (χ4n) is 1.92. The number of carbonyl (C=O) groups excluding carboxylic acids is 2. The summed E-state index contributed by atoms with van der Waals surface area (Å²) in [5, 5.41) is 0. The monoisotopic (exact) mass is 346 g/mol. The third-order valence-electron chi connectivity index (χ3n) is 3.42. The molecule has 0 aliphatic carbocycles. The van der Waals surface area contributed by atoms with E-state index < -0.39 is 12.1 Å². The average molecular weight is 346 g/mol. The molecule has 0 rings (SSSR count). The van der Waals surface area contributed by atoms with Crippen LogP contribution in [-0.2, 0) is 28.8 Å². The molecule has 1 unspecified atom stereocenters. The maximum Gasteiger partial charge on any atom is 0.338 e. The molecular formula is C18H34O6. The van der Waals surface area contributed by atoms with Gasteiger partial charge in [-0.05, 0) is 19.3 Å². The lowest BCUT2D eigenvalue weighted by atomic mass is 10.2. The van der Waals surface area contributed by atoms with Crippen molar-refractivity contribution in [2.24, 2.45) is 0 Å². The van der Waals surface area contributed by atoms with E-state index in [0.29, 0.717) is 19.4 Å². The Kier molecular flexibility index (Phi) is 15.9. The van der Waals surface area contributed by atoms with Crippen LogP contribution in [0.2, 0.25) is 0 Å². The van der Waals surface area contributed by atoms with Crippen LogP contribution < -0.4 is 0 Å². The number of hydrogen-bond acceptors (Lipinski definition) is 6. The fourth-order valence-corrected chi connectivity index (χ4v) is 1.92. The molecule has 0 amide bonds. The van der Waals surface area contributed by atoms with Crippen LogP contribution in [0.4, 0.5) is 0 Å². The summed E-state index contributed by atoms with van der Waals surface area (Å²) in [6.45, 7) is 6.78. The number of esters is 2. The van der Waals surface area contributed by atoms with Gasteiger partial charge in [-0.1, -0.05) is 52.9 Å². The van der Waals surface area contributed by atoms with E-state index in [1.807, 2.05) is 13.8 Å². The molecule has 1 atom stereocenters. The predicted molar refractivity (Wildman–Crippen MR) is 91.3 cm³/mol. The van der Waals surface area contributed by atoms with E-state index in [-0.39, 0.29) is 19.2 Å². The smallest absolute Gasteiger partial charge is 0.338 e. The SMILES string of the molecule is CCCCCC(=O)OCCOOC(CCCC)C(=O)OCCCC. The number of ether oxygens (including phenoxy) is 2. The highest BCUT2D eigenvalue weighted by molar-refractivity contribution is 5.74. The van der Waals surface area contributed by atoms with Gasteiger partial charge in [0.05, 0.1) is 6.61 Å². The summed E-state index contributed by atoms with van der Waals surface area (Å²) in [7, 11) is 0. The van der Waals surface area contributed by atoms with Gasteiger partial charge in [-0.3, -0.25) is 4.79 Å². The molecule has 0 saturated carbocycles. The van der Waals surface area contributed by atoms with Crippen molar-refractivity contribution in [1.82, 2.24) is 0 Å². The Morgan fingerprint density at radius 2 is 1.50 bits per heavy atom. The minimum atomic E-state index is -0.720. The maximum atomic E-state index is 11.9. The van der Waals surface area contributed by atoms with Crippen LogP contribution in [0.15, 0.2) is 0 Å². The van der Waals surface area contributed by atoms with Gasteiger partial charge in [-0.2, -0.15) is 0 Å². The van der Waals surface area contributed by atoms with Gasteiger partial charge in [0.25, 0.3) is 0 Å². The number of carbonyl (C=O) groups is 2. The van der Waals surface area contributed by atoms with Crippen LogP contribution in [0.5, 0.6) is 0 Å². The Bertz CT molecular complexity index is 319. The summed E-state index contributed by atoms with van der Waals surface area (Å²) in [4.78, 5) is 33.5. The summed E-state index contributed by atoms with van der Waals surface area (Å²) in [6.07, 6.45) is 6.80. The first-order chi connectivity index (χ1) is 11.7. The van der Waals surface area contributed by atoms with E-state index in [0.717, 1.165) is 44.9 Å². The van der Waals surface area contributed by atoms with Gasteiger partial charge < -0.3 is 9.47 Å². The van der Waals surface area contributed by atoms with Crippen LogP contribution in [-0.4, -0.2) is 37.9 Å². The van der Waals surface area contributed by atoms with E-state index in [4.69, 9.17) is 19.2 Å². The molecule has 0 spiro atoms. The number of hydrogen-bond donors (Lipinski definition) is 0. The second kappa shape index (κ2) is 16.7. The Morgan fingerprint density at radius 3 is 2.17 bits per heavy atom. The minimum Gasteiger partial charge on any atom is -0.464 e. The highest BCUT2D eigenvalue weighted by atomic mass is 17.2. The van der Waals surface area contributed by atoms with Gasteiger partial charge in [0.2, 0.25) is 0 Å². The third kappa shape index (κ3) is 13.3. The van der Waals surface area contributed by atoms with Crippen molar-refractivity contribution in [3.8, 4) is 0 Å². The lowest BCUT2D eigenvalue weighted by molar-refractivity contribution is -0.324. The molecule has 24 heavy (non-hydrogen) atoms. The summed E-state index contributed by atoms with van der Waals surface area (Å²) in [5.41, 5.74) is 0. The molecule has 0 fully saturated rings. The van der Waals surface area contributed by atoms with Crippen molar-refractivity contribution in [3.63, 3.8) is 0 Å². The minimum absolute atomic E-state index is 0.102. The van der Waals surface area contributed by atoms with Crippen LogP contribution in [0.1, 0.15) is 78.6 Å². The first-order valence-electron chi connectivity index (χ1n) is 9.26. The zero-order chi connectivity index (χ0) is 18.0. The van der Waals surface area contributed by atoms with Crippen molar-refractivity contribution in [1.29, 1.82) is 0 Å². The summed E-state index contributed by atoms with van der Waals surface area (Å²) in [6, 6.07) is 0. The van der Waals surface area contributed by atoms with Crippen molar-refractivity contribution >= 4 is 11.9 Å². The van der Waals surface area contributed by atoms with Crippen molar-refractivity contribution in [3.05, 3.63) is 0 Å². The molecular weight excluding hydrogens is 312 g/mol. The summed E-state index contributed by atoms with van der Waals surface area (Å²) >= 11 is 0. The van der Waals surface area contributed by atoms with Crippen molar-refractivity contribution < 1.29 is 28.8 Å². The molecule has 0 aliphatic rings. The van der Waals surface area contributed by atoms with Crippen LogP contribution in [0.3, 0.4) is 0 Å². The van der Waals surface area contributed by atoms with Gasteiger partial charge >= 0.3 is 11.9 Å². The lowest BCUT2D eigenvalue weighted by Gasteiger charge is -2.15. The molecule has 6 nitrogen and oxygen atoms in total. The van der Waals surface area contributed by atoms with Crippen molar-refractivity contribution in [2.75, 3.05) is 19.8 Å². The largest absolute Gasteiger partial charge is 0.464 e. The van der Waals surface area contributed by atoms with E-state index in [1.165, 1.54) is 0 Å². The Morgan fingerprint density at radius 1 is 0.792 bits per heavy atom. The molecule has 0 aromatic rings. The second-order valence-electron chi connectivity index (χ2n) is 5.75. The highest BCUT2D eigenvalue weighted by Crippen LogP contribution is 2.08. The van der Waals surface area contributed by atoms with E-state index >= 15 is 0 Å². The van der Waals surface area contributed by atoms with E-state index in [9.17, 15) is 9.59 Å². The molecule has 0 saturated heterocycles. The molecule has 0 bridgehead atoms. The first-order valence-corrected chi connectivity index (χ1v) is 9.26. The van der Waals surface area contributed by atoms with Crippen molar-refractivity contribution in [2.45, 2.75) is 84.7 Å². The molecule has 6 heteroatoms. The number of rotatable bonds is 16. The maximum absolute atomic E-state index is 11.9. The zero-order valence-electron chi connectivity index (χ0n) is 15.5. The standard InChI is InChI=1S/C18H34O6/c1-4-7-10-12-17(19)21-14-15-23-24-16(11-8-5-2)18(20)22-13-9-6-3/h16H,4-15H2,1-3H3. The fraction of sp³-hybridized carbons (Fsp3) is 0.889. The second-order valence-corrected chi connectivity index (χ2v) is 5.75. The normalized spacial score (nSPS) is 12.0. The zero-order valence-corrected chi connectivity index (χ0v) is 15.5. The van der Waals surface area contributed by atoms with E-state index in [1.54, 1.807) is 0 Å². The molecule has 0 aromatic carbocycles. The highest BCUT2D eigenvalue weighted by Gasteiger charge is 2.21. The van der Waals surface area contributed by atoms with Gasteiger partial charge in [0.1, 0.15) is 13.2 Å². The Balaban J connectivity index is 3.88. The van der Waals surface area contributed by atoms with E-state index in [2.05, 4.69) is 6.92 Å². The third-order valence-corrected chi connectivity index (χ3v) is 3.42. The quantitative estimate of drug-likeness (QED) is 0.182. The predicted octanol–water partition coefficient (Wildman–Crippen LogP) is 3.96. The number of unbranched alkanes of at least 4 members (excludes halogenated alkanes) is 4. The summed E-state index contributed by atoms with van der Waals surface area (Å²) in [5.74, 6) is -0.623. The summed E-state index contributed by atoms with van der Waals surface area (Å²) < 4.78 is 10.2. The lowest BCUT2D eigenvalue weighted by Crippen LogP contribution is -2.28. The molecule has 0 N–H and O–H groups in total. The first kappa shape index (κ1) is 22.9. The molecule has 142 valence electrons. The molecule has 0 aliphatic heterocycles.